The minimum atomic E-state index is -3.01. The number of amides is 1. The van der Waals surface area contributed by atoms with Crippen LogP contribution in [0.15, 0.2) is 42.5 Å². The summed E-state index contributed by atoms with van der Waals surface area (Å²) in [4.78, 5) is 16.8. The minimum absolute atomic E-state index is 0.0211. The fourth-order valence-electron chi connectivity index (χ4n) is 2.74. The van der Waals surface area contributed by atoms with E-state index in [2.05, 4.69) is 10.3 Å². The molecule has 3 rings (SSSR count). The van der Waals surface area contributed by atoms with Crippen LogP contribution in [-0.2, 0) is 9.84 Å². The van der Waals surface area contributed by atoms with E-state index in [1.807, 2.05) is 36.4 Å². The van der Waals surface area contributed by atoms with E-state index >= 15 is 0 Å². The first-order valence-electron chi connectivity index (χ1n) is 7.49. The molecule has 0 spiro atoms. The topological polar surface area (TPSA) is 76.1 Å². The Morgan fingerprint density at radius 1 is 1.17 bits per heavy atom. The number of carbonyl (C=O) groups is 1. The van der Waals surface area contributed by atoms with Crippen molar-refractivity contribution in [1.82, 2.24) is 10.3 Å². The molecule has 1 N–H and O–H groups in total. The largest absolute Gasteiger partial charge is 0.348 e. The van der Waals surface area contributed by atoms with Crippen LogP contribution in [0.2, 0.25) is 0 Å². The number of nitrogens with zero attached hydrogens (tertiary/aromatic N) is 1. The average Bonchev–Trinajstić information content (AvgIpc) is 2.86. The lowest BCUT2D eigenvalue weighted by Gasteiger charge is -2.12. The second kappa shape index (κ2) is 6.12. The van der Waals surface area contributed by atoms with Gasteiger partial charge in [0.05, 0.1) is 28.5 Å². The summed E-state index contributed by atoms with van der Waals surface area (Å²) < 4.78 is 22.9. The van der Waals surface area contributed by atoms with Crippen molar-refractivity contribution in [3.05, 3.63) is 53.7 Å². The Morgan fingerprint density at radius 2 is 1.91 bits per heavy atom. The van der Waals surface area contributed by atoms with Crippen LogP contribution in [0.4, 0.5) is 0 Å². The third-order valence-electron chi connectivity index (χ3n) is 3.97. The first-order valence-corrected chi connectivity index (χ1v) is 9.31. The van der Waals surface area contributed by atoms with E-state index in [9.17, 15) is 13.2 Å². The van der Waals surface area contributed by atoms with Gasteiger partial charge < -0.3 is 5.32 Å². The number of aryl methyl sites for hydroxylation is 1. The van der Waals surface area contributed by atoms with Gasteiger partial charge in [0, 0.05) is 11.6 Å². The van der Waals surface area contributed by atoms with Crippen molar-refractivity contribution in [1.29, 1.82) is 0 Å². The summed E-state index contributed by atoms with van der Waals surface area (Å²) in [5, 5.41) is 2.79. The van der Waals surface area contributed by atoms with E-state index in [0.29, 0.717) is 17.7 Å². The molecule has 1 aliphatic heterocycles. The van der Waals surface area contributed by atoms with Gasteiger partial charge >= 0.3 is 0 Å². The van der Waals surface area contributed by atoms with Crippen molar-refractivity contribution >= 4 is 15.7 Å². The lowest BCUT2D eigenvalue weighted by atomic mass is 10.1. The molecular weight excluding hydrogens is 312 g/mol. The zero-order chi connectivity index (χ0) is 16.4. The Labute approximate surface area is 135 Å². The summed E-state index contributed by atoms with van der Waals surface area (Å²) in [6.07, 6.45) is 0.475. The molecule has 5 nitrogen and oxygen atoms in total. The van der Waals surface area contributed by atoms with E-state index in [1.165, 1.54) is 0 Å². The summed E-state index contributed by atoms with van der Waals surface area (Å²) in [6.45, 7) is 1.78. The molecule has 0 radical (unpaired) electrons. The maximum atomic E-state index is 12.3. The smallest absolute Gasteiger partial charge is 0.253 e. The van der Waals surface area contributed by atoms with Crippen LogP contribution in [-0.4, -0.2) is 36.9 Å². The number of aromatic nitrogens is 1. The summed E-state index contributed by atoms with van der Waals surface area (Å²) >= 11 is 0. The van der Waals surface area contributed by atoms with Crippen molar-refractivity contribution in [2.24, 2.45) is 0 Å². The number of hydrogen-bond donors (Lipinski definition) is 1. The van der Waals surface area contributed by atoms with Crippen molar-refractivity contribution in [2.75, 3.05) is 11.5 Å². The van der Waals surface area contributed by atoms with Gasteiger partial charge in [0.15, 0.2) is 9.84 Å². The fourth-order valence-corrected chi connectivity index (χ4v) is 4.42. The van der Waals surface area contributed by atoms with Crippen LogP contribution in [0.1, 0.15) is 22.5 Å². The van der Waals surface area contributed by atoms with Crippen molar-refractivity contribution in [2.45, 2.75) is 19.4 Å². The van der Waals surface area contributed by atoms with Crippen LogP contribution in [0.5, 0.6) is 0 Å². The number of nitrogens with one attached hydrogen (secondary N) is 1. The Bertz CT molecular complexity index is 832. The van der Waals surface area contributed by atoms with E-state index in [-0.39, 0.29) is 23.5 Å². The molecule has 120 valence electrons. The normalized spacial score (nSPS) is 19.4. The van der Waals surface area contributed by atoms with Crippen molar-refractivity contribution in [3.8, 4) is 11.3 Å². The second-order valence-electron chi connectivity index (χ2n) is 5.77. The molecule has 0 saturated carbocycles. The summed E-state index contributed by atoms with van der Waals surface area (Å²) in [6, 6.07) is 13.0. The van der Waals surface area contributed by atoms with Gasteiger partial charge in [-0.2, -0.15) is 0 Å². The van der Waals surface area contributed by atoms with E-state index in [1.54, 1.807) is 13.0 Å². The third-order valence-corrected chi connectivity index (χ3v) is 5.74. The van der Waals surface area contributed by atoms with Crippen molar-refractivity contribution < 1.29 is 13.2 Å². The second-order valence-corrected chi connectivity index (χ2v) is 8.00. The number of pyridine rings is 1. The first kappa shape index (κ1) is 15.7. The Kier molecular flexibility index (Phi) is 4.17. The minimum Gasteiger partial charge on any atom is -0.348 e. The molecule has 1 aromatic heterocycles. The molecule has 0 aliphatic carbocycles. The monoisotopic (exact) mass is 330 g/mol. The van der Waals surface area contributed by atoms with Crippen LogP contribution in [0.25, 0.3) is 11.3 Å². The van der Waals surface area contributed by atoms with Gasteiger partial charge in [0.1, 0.15) is 0 Å². The van der Waals surface area contributed by atoms with Gasteiger partial charge in [-0.1, -0.05) is 30.3 Å². The molecule has 1 fully saturated rings. The highest BCUT2D eigenvalue weighted by molar-refractivity contribution is 7.91. The van der Waals surface area contributed by atoms with E-state index in [0.717, 1.165) is 11.3 Å². The number of hydrogen-bond acceptors (Lipinski definition) is 4. The molecule has 23 heavy (non-hydrogen) atoms. The quantitative estimate of drug-likeness (QED) is 0.933. The predicted octanol–water partition coefficient (Wildman–Crippen LogP) is 1.97. The molecule has 0 bridgehead atoms. The Morgan fingerprint density at radius 3 is 2.52 bits per heavy atom. The number of rotatable bonds is 3. The summed E-state index contributed by atoms with van der Waals surface area (Å²) in [5.74, 6) is -0.105. The van der Waals surface area contributed by atoms with Gasteiger partial charge in [-0.25, -0.2) is 8.42 Å². The van der Waals surface area contributed by atoms with Gasteiger partial charge in [0.25, 0.3) is 5.91 Å². The predicted molar refractivity (Wildman–Crippen MR) is 88.9 cm³/mol. The zero-order valence-electron chi connectivity index (χ0n) is 12.8. The van der Waals surface area contributed by atoms with Gasteiger partial charge in [-0.3, -0.25) is 9.78 Å². The van der Waals surface area contributed by atoms with Gasteiger partial charge in [-0.15, -0.1) is 0 Å². The number of sulfone groups is 1. The highest BCUT2D eigenvalue weighted by Crippen LogP contribution is 2.19. The van der Waals surface area contributed by atoms with Crippen LogP contribution >= 0.6 is 0 Å². The standard InChI is InChI=1S/C17H18N2O3S/c1-12-15(17(20)19-14-9-10-23(21,22)11-14)7-8-16(18-12)13-5-3-2-4-6-13/h2-8,14H,9-11H2,1H3,(H,19,20)/t14-/m0/s1. The maximum absolute atomic E-state index is 12.3. The molecule has 2 heterocycles. The summed E-state index contributed by atoms with van der Waals surface area (Å²) in [5.41, 5.74) is 2.91. The molecule has 1 aliphatic rings. The lowest BCUT2D eigenvalue weighted by molar-refractivity contribution is 0.0940. The molecule has 2 aromatic rings. The number of carbonyl (C=O) groups excluding carboxylic acids is 1. The molecule has 1 atom stereocenters. The molecule has 1 aromatic carbocycles. The molecule has 1 amide bonds. The first-order chi connectivity index (χ1) is 10.9. The van der Waals surface area contributed by atoms with Crippen LogP contribution in [0, 0.1) is 6.92 Å². The van der Waals surface area contributed by atoms with Gasteiger partial charge in [-0.05, 0) is 25.5 Å². The number of benzene rings is 1. The van der Waals surface area contributed by atoms with E-state index in [4.69, 9.17) is 0 Å². The molecule has 6 heteroatoms. The zero-order valence-corrected chi connectivity index (χ0v) is 13.6. The molecule has 1 saturated heterocycles. The summed E-state index contributed by atoms with van der Waals surface area (Å²) in [7, 11) is -3.01. The van der Waals surface area contributed by atoms with Gasteiger partial charge in [0.2, 0.25) is 0 Å². The average molecular weight is 330 g/mol. The SMILES string of the molecule is Cc1nc(-c2ccccc2)ccc1C(=O)N[C@H]1CCS(=O)(=O)C1. The Hall–Kier alpha value is -2.21. The van der Waals surface area contributed by atoms with Crippen molar-refractivity contribution in [3.63, 3.8) is 0 Å². The third kappa shape index (κ3) is 3.59. The van der Waals surface area contributed by atoms with E-state index < -0.39 is 9.84 Å². The molecule has 0 unspecified atom stereocenters. The highest BCUT2D eigenvalue weighted by atomic mass is 32.2. The maximum Gasteiger partial charge on any atom is 0.253 e. The highest BCUT2D eigenvalue weighted by Gasteiger charge is 2.29. The lowest BCUT2D eigenvalue weighted by Crippen LogP contribution is -2.36. The molecular formula is C17H18N2O3S. The van der Waals surface area contributed by atoms with Crippen LogP contribution < -0.4 is 5.32 Å². The fraction of sp³-hybridized carbons (Fsp3) is 0.294. The Balaban J connectivity index is 1.77. The van der Waals surface area contributed by atoms with Crippen LogP contribution in [0.3, 0.4) is 0 Å².